The highest BCUT2D eigenvalue weighted by atomic mass is 16.2. The van der Waals surface area contributed by atoms with Crippen molar-refractivity contribution in [3.63, 3.8) is 0 Å². The van der Waals surface area contributed by atoms with Crippen LogP contribution in [0.15, 0.2) is 12.2 Å². The average Bonchev–Trinajstić information content (AvgIpc) is 2.34. The fraction of sp³-hybridized carbons (Fsp3) is 0.733. The van der Waals surface area contributed by atoms with Crippen LogP contribution in [0.25, 0.3) is 0 Å². The molecule has 0 saturated carbocycles. The quantitative estimate of drug-likeness (QED) is 0.749. The Morgan fingerprint density at radius 1 is 1.37 bits per heavy atom. The molecule has 2 amide bonds. The van der Waals surface area contributed by atoms with Gasteiger partial charge in [0.15, 0.2) is 0 Å². The van der Waals surface area contributed by atoms with Gasteiger partial charge in [-0.05, 0) is 32.1 Å². The first-order valence-electron chi connectivity index (χ1n) is 7.23. The lowest BCUT2D eigenvalue weighted by Crippen LogP contribution is -2.63. The number of hydrogen-bond acceptors (Lipinski definition) is 2. The lowest BCUT2D eigenvalue weighted by Gasteiger charge is -2.39. The first-order valence-corrected chi connectivity index (χ1v) is 7.23. The highest BCUT2D eigenvalue weighted by Crippen LogP contribution is 2.18. The Bertz CT molecular complexity index is 350. The predicted molar refractivity (Wildman–Crippen MR) is 76.6 cm³/mol. The molecule has 4 heteroatoms. The minimum absolute atomic E-state index is 0.00627. The van der Waals surface area contributed by atoms with Gasteiger partial charge in [-0.15, -0.1) is 0 Å². The van der Waals surface area contributed by atoms with Crippen LogP contribution in [0.4, 0.5) is 0 Å². The summed E-state index contributed by atoms with van der Waals surface area (Å²) in [4.78, 5) is 26.3. The topological polar surface area (TPSA) is 49.4 Å². The Morgan fingerprint density at radius 3 is 2.58 bits per heavy atom. The molecule has 1 saturated heterocycles. The summed E-state index contributed by atoms with van der Waals surface area (Å²) in [5, 5.41) is 2.87. The van der Waals surface area contributed by atoms with Crippen molar-refractivity contribution in [1.82, 2.24) is 10.2 Å². The zero-order valence-electron chi connectivity index (χ0n) is 12.5. The minimum Gasteiger partial charge on any atom is -0.342 e. The summed E-state index contributed by atoms with van der Waals surface area (Å²) in [6, 6.07) is -0.651. The van der Waals surface area contributed by atoms with Crippen molar-refractivity contribution >= 4 is 11.8 Å². The van der Waals surface area contributed by atoms with Gasteiger partial charge in [-0.1, -0.05) is 32.9 Å². The molecule has 2 atom stereocenters. The summed E-state index contributed by atoms with van der Waals surface area (Å²) in [6.45, 7) is 8.67. The third kappa shape index (κ3) is 4.08. The van der Waals surface area contributed by atoms with Crippen LogP contribution in [0, 0.1) is 5.92 Å². The molecule has 19 heavy (non-hydrogen) atoms. The second kappa shape index (κ2) is 7.31. The molecular weight excluding hydrogens is 240 g/mol. The van der Waals surface area contributed by atoms with Crippen molar-refractivity contribution in [1.29, 1.82) is 0 Å². The Morgan fingerprint density at radius 2 is 2.05 bits per heavy atom. The molecular formula is C15H26N2O2. The van der Waals surface area contributed by atoms with E-state index in [1.54, 1.807) is 4.90 Å². The number of hydrogen-bond donors (Lipinski definition) is 1. The van der Waals surface area contributed by atoms with E-state index in [1.165, 1.54) is 0 Å². The lowest BCUT2D eigenvalue weighted by molar-refractivity contribution is -0.149. The largest absolute Gasteiger partial charge is 0.342 e. The molecule has 108 valence electrons. The van der Waals surface area contributed by atoms with Crippen molar-refractivity contribution in [3.8, 4) is 0 Å². The smallest absolute Gasteiger partial charge is 0.245 e. The monoisotopic (exact) mass is 266 g/mol. The molecule has 0 radical (unpaired) electrons. The van der Waals surface area contributed by atoms with Gasteiger partial charge in [-0.25, -0.2) is 0 Å². The van der Waals surface area contributed by atoms with E-state index in [9.17, 15) is 9.59 Å². The van der Waals surface area contributed by atoms with Crippen molar-refractivity contribution in [2.75, 3.05) is 6.54 Å². The summed E-state index contributed by atoms with van der Waals surface area (Å²) >= 11 is 0. The Kier molecular flexibility index (Phi) is 6.06. The van der Waals surface area contributed by atoms with E-state index < -0.39 is 0 Å². The number of rotatable bonds is 6. The fourth-order valence-corrected chi connectivity index (χ4v) is 2.51. The number of carbonyl (C=O) groups excluding carboxylic acids is 2. The number of piperazine rings is 1. The molecule has 0 aromatic rings. The van der Waals surface area contributed by atoms with Gasteiger partial charge in [-0.2, -0.15) is 0 Å². The molecule has 1 fully saturated rings. The molecule has 0 spiro atoms. The van der Waals surface area contributed by atoms with Crippen LogP contribution in [-0.2, 0) is 9.59 Å². The summed E-state index contributed by atoms with van der Waals surface area (Å²) in [7, 11) is 0. The van der Waals surface area contributed by atoms with Gasteiger partial charge in [0, 0.05) is 6.54 Å². The molecule has 1 aliphatic heterocycles. The SMILES string of the molecule is C/C=C/CCN1C(=O)C(CC(C)C)NC(=O)C1CC. The number of nitrogens with zero attached hydrogens (tertiary/aromatic N) is 1. The summed E-state index contributed by atoms with van der Waals surface area (Å²) in [5.41, 5.74) is 0. The van der Waals surface area contributed by atoms with Crippen LogP contribution in [0.5, 0.6) is 0 Å². The second-order valence-electron chi connectivity index (χ2n) is 5.50. The van der Waals surface area contributed by atoms with Gasteiger partial charge in [-0.3, -0.25) is 9.59 Å². The van der Waals surface area contributed by atoms with Gasteiger partial charge in [0.25, 0.3) is 0 Å². The number of carbonyl (C=O) groups is 2. The average molecular weight is 266 g/mol. The van der Waals surface area contributed by atoms with E-state index in [1.807, 2.05) is 26.0 Å². The van der Waals surface area contributed by atoms with E-state index in [0.29, 0.717) is 25.3 Å². The van der Waals surface area contributed by atoms with E-state index in [0.717, 1.165) is 6.42 Å². The second-order valence-corrected chi connectivity index (χ2v) is 5.50. The first kappa shape index (κ1) is 15.7. The molecule has 1 N–H and O–H groups in total. The fourth-order valence-electron chi connectivity index (χ4n) is 2.51. The van der Waals surface area contributed by atoms with E-state index >= 15 is 0 Å². The molecule has 0 aromatic heterocycles. The Labute approximate surface area is 116 Å². The van der Waals surface area contributed by atoms with Gasteiger partial charge >= 0.3 is 0 Å². The third-order valence-corrected chi connectivity index (χ3v) is 3.44. The summed E-state index contributed by atoms with van der Waals surface area (Å²) < 4.78 is 0. The summed E-state index contributed by atoms with van der Waals surface area (Å²) in [5.74, 6) is 0.461. The van der Waals surface area contributed by atoms with Crippen LogP contribution in [0.2, 0.25) is 0 Å². The van der Waals surface area contributed by atoms with Gasteiger partial charge in [0.1, 0.15) is 12.1 Å². The van der Waals surface area contributed by atoms with Crippen LogP contribution >= 0.6 is 0 Å². The molecule has 2 unspecified atom stereocenters. The predicted octanol–water partition coefficient (Wildman–Crippen LogP) is 2.10. The van der Waals surface area contributed by atoms with Crippen LogP contribution in [-0.4, -0.2) is 35.3 Å². The molecule has 0 aliphatic carbocycles. The van der Waals surface area contributed by atoms with Crippen LogP contribution in [0.1, 0.15) is 47.0 Å². The number of amides is 2. The number of allylic oxidation sites excluding steroid dienone is 1. The molecule has 1 heterocycles. The summed E-state index contributed by atoms with van der Waals surface area (Å²) in [6.07, 6.45) is 6.19. The highest BCUT2D eigenvalue weighted by Gasteiger charge is 2.38. The molecule has 4 nitrogen and oxygen atoms in total. The van der Waals surface area contributed by atoms with Crippen molar-refractivity contribution in [2.24, 2.45) is 5.92 Å². The molecule has 0 bridgehead atoms. The van der Waals surface area contributed by atoms with E-state index in [2.05, 4.69) is 19.2 Å². The van der Waals surface area contributed by atoms with Crippen LogP contribution < -0.4 is 5.32 Å². The third-order valence-electron chi connectivity index (χ3n) is 3.44. The maximum Gasteiger partial charge on any atom is 0.245 e. The van der Waals surface area contributed by atoms with Crippen molar-refractivity contribution in [2.45, 2.75) is 59.0 Å². The van der Waals surface area contributed by atoms with Crippen LogP contribution in [0.3, 0.4) is 0 Å². The highest BCUT2D eigenvalue weighted by molar-refractivity contribution is 5.96. The first-order chi connectivity index (χ1) is 9.01. The van der Waals surface area contributed by atoms with Crippen molar-refractivity contribution in [3.05, 3.63) is 12.2 Å². The molecule has 0 aromatic carbocycles. The van der Waals surface area contributed by atoms with Gasteiger partial charge in [0.2, 0.25) is 11.8 Å². The maximum atomic E-state index is 12.5. The van der Waals surface area contributed by atoms with Gasteiger partial charge in [0.05, 0.1) is 0 Å². The lowest BCUT2D eigenvalue weighted by atomic mass is 9.97. The zero-order chi connectivity index (χ0) is 14.4. The Balaban J connectivity index is 2.79. The normalized spacial score (nSPS) is 24.4. The van der Waals surface area contributed by atoms with Crippen molar-refractivity contribution < 1.29 is 9.59 Å². The van der Waals surface area contributed by atoms with E-state index in [4.69, 9.17) is 0 Å². The zero-order valence-corrected chi connectivity index (χ0v) is 12.5. The van der Waals surface area contributed by atoms with Gasteiger partial charge < -0.3 is 10.2 Å². The molecule has 1 rings (SSSR count). The number of nitrogens with one attached hydrogen (secondary N) is 1. The molecule has 1 aliphatic rings. The minimum atomic E-state index is -0.346. The maximum absolute atomic E-state index is 12.5. The van der Waals surface area contributed by atoms with E-state index in [-0.39, 0.29) is 23.9 Å². The Hall–Kier alpha value is -1.32. The standard InChI is InChI=1S/C15H26N2O2/c1-5-7-8-9-17-13(6-2)14(18)16-12(15(17)19)10-11(3)4/h5,7,11-13H,6,8-10H2,1-4H3,(H,16,18)/b7-5+.